The van der Waals surface area contributed by atoms with Crippen LogP contribution in [0.15, 0.2) is 24.3 Å². The lowest BCUT2D eigenvalue weighted by atomic mass is 10.00. The van der Waals surface area contributed by atoms with Crippen LogP contribution in [0.3, 0.4) is 0 Å². The summed E-state index contributed by atoms with van der Waals surface area (Å²) in [5, 5.41) is 0. The van der Waals surface area contributed by atoms with E-state index in [9.17, 15) is 4.79 Å². The molecule has 2 N–H and O–H groups in total. The van der Waals surface area contributed by atoms with Crippen LogP contribution in [0.4, 0.5) is 0 Å². The third kappa shape index (κ3) is 2.96. The molecule has 1 atom stereocenters. The van der Waals surface area contributed by atoms with E-state index >= 15 is 0 Å². The van der Waals surface area contributed by atoms with Crippen molar-refractivity contribution >= 4 is 5.78 Å². The fourth-order valence-electron chi connectivity index (χ4n) is 1.40. The van der Waals surface area contributed by atoms with E-state index in [2.05, 4.69) is 19.1 Å². The van der Waals surface area contributed by atoms with Crippen molar-refractivity contribution < 1.29 is 4.79 Å². The van der Waals surface area contributed by atoms with Crippen LogP contribution < -0.4 is 5.73 Å². The number of Topliss-reactive ketones (excluding diaryl/α,β-unsaturated/α-hetero) is 1. The lowest BCUT2D eigenvalue weighted by Gasteiger charge is -2.09. The molecule has 0 heterocycles. The molecular weight excluding hydrogens is 174 g/mol. The van der Waals surface area contributed by atoms with E-state index in [-0.39, 0.29) is 11.8 Å². The third-order valence-electron chi connectivity index (χ3n) is 2.51. The molecule has 1 aromatic carbocycles. The summed E-state index contributed by atoms with van der Waals surface area (Å²) >= 11 is 0. The molecule has 0 aromatic heterocycles. The number of aryl methyl sites for hydroxylation is 2. The molecule has 0 amide bonds. The highest BCUT2D eigenvalue weighted by atomic mass is 16.1. The summed E-state index contributed by atoms with van der Waals surface area (Å²) < 4.78 is 0. The molecule has 2 heteroatoms. The smallest absolute Gasteiger partial charge is 0.146 e. The van der Waals surface area contributed by atoms with Gasteiger partial charge in [-0.25, -0.2) is 0 Å². The lowest BCUT2D eigenvalue weighted by Crippen LogP contribution is -2.28. The summed E-state index contributed by atoms with van der Waals surface area (Å²) in [6.07, 6.45) is 1.62. The first-order valence-electron chi connectivity index (χ1n) is 4.92. The van der Waals surface area contributed by atoms with Crippen molar-refractivity contribution in [1.82, 2.24) is 0 Å². The van der Waals surface area contributed by atoms with Crippen LogP contribution in [0.1, 0.15) is 24.5 Å². The standard InChI is InChI=1S/C12H17NO/c1-9-5-3-4-6-11(9)7-8-12(13)10(2)14/h3-6,12H,7-8,13H2,1-2H3. The highest BCUT2D eigenvalue weighted by Gasteiger charge is 2.08. The Kier molecular flexibility index (Phi) is 3.84. The van der Waals surface area contributed by atoms with E-state index in [1.807, 2.05) is 12.1 Å². The summed E-state index contributed by atoms with van der Waals surface area (Å²) in [6.45, 7) is 3.62. The van der Waals surface area contributed by atoms with Crippen molar-refractivity contribution in [3.05, 3.63) is 35.4 Å². The fourth-order valence-corrected chi connectivity index (χ4v) is 1.40. The van der Waals surface area contributed by atoms with Gasteiger partial charge in [0.15, 0.2) is 0 Å². The zero-order valence-electron chi connectivity index (χ0n) is 8.79. The van der Waals surface area contributed by atoms with Crippen molar-refractivity contribution in [3.63, 3.8) is 0 Å². The normalized spacial score (nSPS) is 12.5. The second-order valence-electron chi connectivity index (χ2n) is 3.68. The van der Waals surface area contributed by atoms with Gasteiger partial charge in [-0.05, 0) is 37.8 Å². The molecule has 0 fully saturated rings. The predicted molar refractivity (Wildman–Crippen MR) is 58.2 cm³/mol. The largest absolute Gasteiger partial charge is 0.322 e. The first-order chi connectivity index (χ1) is 6.61. The predicted octanol–water partition coefficient (Wildman–Crippen LogP) is 1.84. The van der Waals surface area contributed by atoms with Crippen molar-refractivity contribution in [2.45, 2.75) is 32.7 Å². The summed E-state index contributed by atoms with van der Waals surface area (Å²) in [7, 11) is 0. The van der Waals surface area contributed by atoms with Crippen LogP contribution in [0.5, 0.6) is 0 Å². The third-order valence-corrected chi connectivity index (χ3v) is 2.51. The topological polar surface area (TPSA) is 43.1 Å². The zero-order valence-corrected chi connectivity index (χ0v) is 8.79. The molecular formula is C12H17NO. The number of ketones is 1. The van der Waals surface area contributed by atoms with E-state index in [1.54, 1.807) is 6.92 Å². The van der Waals surface area contributed by atoms with Gasteiger partial charge in [0.25, 0.3) is 0 Å². The first kappa shape index (κ1) is 10.9. The lowest BCUT2D eigenvalue weighted by molar-refractivity contribution is -0.118. The van der Waals surface area contributed by atoms with Crippen molar-refractivity contribution in [3.8, 4) is 0 Å². The maximum absolute atomic E-state index is 10.9. The fraction of sp³-hybridized carbons (Fsp3) is 0.417. The average molecular weight is 191 g/mol. The molecule has 0 saturated carbocycles. The van der Waals surface area contributed by atoms with Gasteiger partial charge in [0.2, 0.25) is 0 Å². The maximum Gasteiger partial charge on any atom is 0.146 e. The van der Waals surface area contributed by atoms with Crippen LogP contribution in [-0.2, 0) is 11.2 Å². The highest BCUT2D eigenvalue weighted by molar-refractivity contribution is 5.81. The Bertz CT molecular complexity index is 320. The van der Waals surface area contributed by atoms with Crippen LogP contribution in [0, 0.1) is 6.92 Å². The summed E-state index contributed by atoms with van der Waals surface area (Å²) in [4.78, 5) is 10.9. The van der Waals surface area contributed by atoms with Gasteiger partial charge in [0.05, 0.1) is 6.04 Å². The Morgan fingerprint density at radius 3 is 2.64 bits per heavy atom. The molecule has 0 saturated heterocycles. The van der Waals surface area contributed by atoms with E-state index in [1.165, 1.54) is 11.1 Å². The van der Waals surface area contributed by atoms with Gasteiger partial charge < -0.3 is 5.73 Å². The Labute approximate surface area is 85.1 Å². The monoisotopic (exact) mass is 191 g/mol. The molecule has 2 nitrogen and oxygen atoms in total. The number of rotatable bonds is 4. The second-order valence-corrected chi connectivity index (χ2v) is 3.68. The molecule has 0 aliphatic rings. The summed E-state index contributed by atoms with van der Waals surface area (Å²) in [5.74, 6) is 0.0681. The number of hydrogen-bond acceptors (Lipinski definition) is 2. The quantitative estimate of drug-likeness (QED) is 0.789. The van der Waals surface area contributed by atoms with E-state index in [0.717, 1.165) is 12.8 Å². The Morgan fingerprint density at radius 1 is 1.43 bits per heavy atom. The molecule has 0 spiro atoms. The van der Waals surface area contributed by atoms with Crippen molar-refractivity contribution in [2.24, 2.45) is 5.73 Å². The number of benzene rings is 1. The van der Waals surface area contributed by atoms with Gasteiger partial charge in [-0.15, -0.1) is 0 Å². The van der Waals surface area contributed by atoms with Crippen LogP contribution >= 0.6 is 0 Å². The van der Waals surface area contributed by atoms with E-state index in [4.69, 9.17) is 5.73 Å². The first-order valence-corrected chi connectivity index (χ1v) is 4.92. The van der Waals surface area contributed by atoms with E-state index in [0.29, 0.717) is 0 Å². The minimum Gasteiger partial charge on any atom is -0.322 e. The van der Waals surface area contributed by atoms with Crippen molar-refractivity contribution in [2.75, 3.05) is 0 Å². The maximum atomic E-state index is 10.9. The van der Waals surface area contributed by atoms with Gasteiger partial charge in [0, 0.05) is 0 Å². The van der Waals surface area contributed by atoms with Gasteiger partial charge in [-0.1, -0.05) is 24.3 Å². The van der Waals surface area contributed by atoms with Crippen molar-refractivity contribution in [1.29, 1.82) is 0 Å². The van der Waals surface area contributed by atoms with Gasteiger partial charge >= 0.3 is 0 Å². The number of nitrogens with two attached hydrogens (primary N) is 1. The molecule has 0 aliphatic carbocycles. The number of hydrogen-bond donors (Lipinski definition) is 1. The molecule has 0 radical (unpaired) electrons. The molecule has 0 bridgehead atoms. The summed E-state index contributed by atoms with van der Waals surface area (Å²) in [5.41, 5.74) is 8.21. The van der Waals surface area contributed by atoms with Gasteiger partial charge in [0.1, 0.15) is 5.78 Å². The van der Waals surface area contributed by atoms with E-state index < -0.39 is 0 Å². The van der Waals surface area contributed by atoms with Crippen LogP contribution in [0.25, 0.3) is 0 Å². The Morgan fingerprint density at radius 2 is 2.07 bits per heavy atom. The number of carbonyl (C=O) groups excluding carboxylic acids is 1. The molecule has 1 rings (SSSR count). The highest BCUT2D eigenvalue weighted by Crippen LogP contribution is 2.10. The Balaban J connectivity index is 2.54. The number of carbonyl (C=O) groups is 1. The zero-order chi connectivity index (χ0) is 10.6. The van der Waals surface area contributed by atoms with Gasteiger partial charge in [-0.2, -0.15) is 0 Å². The van der Waals surface area contributed by atoms with Crippen LogP contribution in [-0.4, -0.2) is 11.8 Å². The molecule has 14 heavy (non-hydrogen) atoms. The molecule has 1 aromatic rings. The molecule has 1 unspecified atom stereocenters. The minimum atomic E-state index is -0.311. The average Bonchev–Trinajstić information content (AvgIpc) is 2.16. The second kappa shape index (κ2) is 4.91. The SMILES string of the molecule is CC(=O)C(N)CCc1ccccc1C. The minimum absolute atomic E-state index is 0.0681. The Hall–Kier alpha value is -1.15. The summed E-state index contributed by atoms with van der Waals surface area (Å²) in [6, 6.07) is 7.89. The van der Waals surface area contributed by atoms with Gasteiger partial charge in [-0.3, -0.25) is 4.79 Å². The molecule has 0 aliphatic heterocycles. The van der Waals surface area contributed by atoms with Crippen LogP contribution in [0.2, 0.25) is 0 Å². The molecule has 76 valence electrons.